The Morgan fingerprint density at radius 3 is 2.80 bits per heavy atom. The molecule has 0 heterocycles. The lowest BCUT2D eigenvalue weighted by Crippen LogP contribution is -2.34. The van der Waals surface area contributed by atoms with E-state index in [1.165, 1.54) is 31.4 Å². The number of nitrogens with one attached hydrogen (secondary N) is 1. The van der Waals surface area contributed by atoms with Gasteiger partial charge in [0, 0.05) is 12.2 Å². The zero-order chi connectivity index (χ0) is 14.7. The summed E-state index contributed by atoms with van der Waals surface area (Å²) in [5, 5.41) is 2.86. The van der Waals surface area contributed by atoms with Gasteiger partial charge in [-0.2, -0.15) is 0 Å². The summed E-state index contributed by atoms with van der Waals surface area (Å²) in [6.45, 7) is 4.46. The van der Waals surface area contributed by atoms with E-state index in [9.17, 15) is 9.18 Å². The van der Waals surface area contributed by atoms with Gasteiger partial charge in [0.1, 0.15) is 5.82 Å². The minimum atomic E-state index is -0.478. The van der Waals surface area contributed by atoms with Crippen molar-refractivity contribution in [1.29, 1.82) is 0 Å². The van der Waals surface area contributed by atoms with Crippen LogP contribution in [0.2, 0.25) is 0 Å². The van der Waals surface area contributed by atoms with Crippen molar-refractivity contribution in [3.05, 3.63) is 29.1 Å². The van der Waals surface area contributed by atoms with Crippen LogP contribution in [0, 0.1) is 24.6 Å². The van der Waals surface area contributed by atoms with Crippen LogP contribution >= 0.6 is 0 Å². The second-order valence-corrected chi connectivity index (χ2v) is 5.93. The van der Waals surface area contributed by atoms with Gasteiger partial charge < -0.3 is 11.1 Å². The number of rotatable bonds is 3. The summed E-state index contributed by atoms with van der Waals surface area (Å²) in [6, 6.07) is 2.94. The molecule has 20 heavy (non-hydrogen) atoms. The molecule has 2 unspecified atom stereocenters. The van der Waals surface area contributed by atoms with Gasteiger partial charge in [0.2, 0.25) is 0 Å². The Labute approximate surface area is 119 Å². The van der Waals surface area contributed by atoms with Crippen molar-refractivity contribution >= 4 is 11.6 Å². The number of nitrogen functional groups attached to an aromatic ring is 1. The molecular weight excluding hydrogens is 255 g/mol. The predicted octanol–water partition coefficient (Wildman–Crippen LogP) is 3.27. The van der Waals surface area contributed by atoms with Crippen molar-refractivity contribution in [1.82, 2.24) is 5.32 Å². The number of carbonyl (C=O) groups is 1. The lowest BCUT2D eigenvalue weighted by molar-refractivity contribution is 0.0932. The molecule has 1 aromatic carbocycles. The molecule has 1 saturated carbocycles. The quantitative estimate of drug-likeness (QED) is 0.834. The summed E-state index contributed by atoms with van der Waals surface area (Å²) in [4.78, 5) is 12.1. The van der Waals surface area contributed by atoms with E-state index in [0.717, 1.165) is 6.42 Å². The Morgan fingerprint density at radius 1 is 1.40 bits per heavy atom. The first kappa shape index (κ1) is 14.8. The van der Waals surface area contributed by atoms with Crippen LogP contribution < -0.4 is 11.1 Å². The molecule has 0 radical (unpaired) electrons. The first-order valence-corrected chi connectivity index (χ1v) is 7.33. The summed E-state index contributed by atoms with van der Waals surface area (Å²) < 4.78 is 14.0. The topological polar surface area (TPSA) is 55.1 Å². The van der Waals surface area contributed by atoms with Gasteiger partial charge >= 0.3 is 0 Å². The Kier molecular flexibility index (Phi) is 4.63. The lowest BCUT2D eigenvalue weighted by atomic mass is 9.80. The average Bonchev–Trinajstić information content (AvgIpc) is 2.41. The smallest absolute Gasteiger partial charge is 0.254 e. The standard InChI is InChI=1S/C16H23FN2O/c1-10-5-3-4-6-12(10)9-19-16(20)14-8-13(18)7-11(2)15(14)17/h7-8,10,12H,3-6,9,18H2,1-2H3,(H,19,20). The van der Waals surface area contributed by atoms with Crippen LogP contribution in [0.5, 0.6) is 0 Å². The van der Waals surface area contributed by atoms with Crippen molar-refractivity contribution in [3.63, 3.8) is 0 Å². The molecular formula is C16H23FN2O. The Morgan fingerprint density at radius 2 is 2.10 bits per heavy atom. The predicted molar refractivity (Wildman–Crippen MR) is 79.0 cm³/mol. The third-order valence-corrected chi connectivity index (χ3v) is 4.34. The van der Waals surface area contributed by atoms with Gasteiger partial charge in [-0.25, -0.2) is 4.39 Å². The normalized spacial score (nSPS) is 22.6. The molecule has 1 aromatic rings. The fourth-order valence-corrected chi connectivity index (χ4v) is 2.98. The van der Waals surface area contributed by atoms with Gasteiger partial charge in [-0.15, -0.1) is 0 Å². The molecule has 0 aromatic heterocycles. The molecule has 1 amide bonds. The van der Waals surface area contributed by atoms with E-state index in [2.05, 4.69) is 12.2 Å². The van der Waals surface area contributed by atoms with Crippen LogP contribution in [-0.2, 0) is 0 Å². The Bertz CT molecular complexity index is 501. The van der Waals surface area contributed by atoms with Gasteiger partial charge in [-0.1, -0.05) is 26.2 Å². The number of carbonyl (C=O) groups excluding carboxylic acids is 1. The van der Waals surface area contributed by atoms with Gasteiger partial charge in [0.15, 0.2) is 0 Å². The van der Waals surface area contributed by atoms with E-state index in [0.29, 0.717) is 29.6 Å². The summed E-state index contributed by atoms with van der Waals surface area (Å²) in [6.07, 6.45) is 4.84. The van der Waals surface area contributed by atoms with Crippen LogP contribution in [0.3, 0.4) is 0 Å². The van der Waals surface area contributed by atoms with Gasteiger partial charge in [-0.3, -0.25) is 4.79 Å². The van der Waals surface area contributed by atoms with Crippen LogP contribution in [0.25, 0.3) is 0 Å². The molecule has 1 aliphatic rings. The highest BCUT2D eigenvalue weighted by atomic mass is 19.1. The SMILES string of the molecule is Cc1cc(N)cc(C(=O)NCC2CCCCC2C)c1F. The van der Waals surface area contributed by atoms with Crippen LogP contribution in [0.4, 0.5) is 10.1 Å². The zero-order valence-corrected chi connectivity index (χ0v) is 12.2. The van der Waals surface area contributed by atoms with Gasteiger partial charge in [-0.05, 0) is 42.9 Å². The second-order valence-electron chi connectivity index (χ2n) is 5.93. The monoisotopic (exact) mass is 278 g/mol. The fraction of sp³-hybridized carbons (Fsp3) is 0.562. The maximum absolute atomic E-state index is 14.0. The van der Waals surface area contributed by atoms with E-state index in [-0.39, 0.29) is 11.5 Å². The fourth-order valence-electron chi connectivity index (χ4n) is 2.98. The molecule has 2 atom stereocenters. The van der Waals surface area contributed by atoms with E-state index >= 15 is 0 Å². The third kappa shape index (κ3) is 3.30. The minimum absolute atomic E-state index is 0.0472. The van der Waals surface area contributed by atoms with Gasteiger partial charge in [0.05, 0.1) is 5.56 Å². The average molecular weight is 278 g/mol. The second kappa shape index (κ2) is 6.25. The summed E-state index contributed by atoms with van der Waals surface area (Å²) in [5.41, 5.74) is 6.55. The van der Waals surface area contributed by atoms with E-state index in [1.54, 1.807) is 6.92 Å². The molecule has 0 aliphatic heterocycles. The third-order valence-electron chi connectivity index (χ3n) is 4.34. The van der Waals surface area contributed by atoms with Crippen molar-refractivity contribution in [2.45, 2.75) is 39.5 Å². The van der Waals surface area contributed by atoms with Crippen molar-refractivity contribution in [2.24, 2.45) is 11.8 Å². The number of amides is 1. The van der Waals surface area contributed by atoms with Crippen LogP contribution in [0.15, 0.2) is 12.1 Å². The molecule has 0 bridgehead atoms. The van der Waals surface area contributed by atoms with Crippen molar-refractivity contribution < 1.29 is 9.18 Å². The highest BCUT2D eigenvalue weighted by Gasteiger charge is 2.22. The highest BCUT2D eigenvalue weighted by Crippen LogP contribution is 2.29. The highest BCUT2D eigenvalue weighted by molar-refractivity contribution is 5.95. The number of hydrogen-bond acceptors (Lipinski definition) is 2. The molecule has 4 heteroatoms. The van der Waals surface area contributed by atoms with E-state index < -0.39 is 5.82 Å². The zero-order valence-electron chi connectivity index (χ0n) is 12.2. The number of benzene rings is 1. The minimum Gasteiger partial charge on any atom is -0.399 e. The summed E-state index contributed by atoms with van der Waals surface area (Å²) >= 11 is 0. The Balaban J connectivity index is 2.01. The molecule has 0 spiro atoms. The molecule has 3 N–H and O–H groups in total. The van der Waals surface area contributed by atoms with Crippen LogP contribution in [-0.4, -0.2) is 12.5 Å². The molecule has 110 valence electrons. The largest absolute Gasteiger partial charge is 0.399 e. The number of aryl methyl sites for hydroxylation is 1. The van der Waals surface area contributed by atoms with Crippen molar-refractivity contribution in [3.8, 4) is 0 Å². The maximum Gasteiger partial charge on any atom is 0.254 e. The Hall–Kier alpha value is -1.58. The van der Waals surface area contributed by atoms with Gasteiger partial charge in [0.25, 0.3) is 5.91 Å². The molecule has 2 rings (SSSR count). The first-order valence-electron chi connectivity index (χ1n) is 7.33. The molecule has 3 nitrogen and oxygen atoms in total. The first-order chi connectivity index (χ1) is 9.49. The molecule has 1 aliphatic carbocycles. The van der Waals surface area contributed by atoms with E-state index in [4.69, 9.17) is 5.73 Å². The number of halogens is 1. The number of anilines is 1. The summed E-state index contributed by atoms with van der Waals surface area (Å²) in [5.74, 6) is 0.276. The lowest BCUT2D eigenvalue weighted by Gasteiger charge is -2.28. The van der Waals surface area contributed by atoms with E-state index in [1.807, 2.05) is 0 Å². The molecule has 1 fully saturated rings. The van der Waals surface area contributed by atoms with Crippen LogP contribution in [0.1, 0.15) is 48.5 Å². The summed E-state index contributed by atoms with van der Waals surface area (Å²) in [7, 11) is 0. The van der Waals surface area contributed by atoms with Crippen molar-refractivity contribution in [2.75, 3.05) is 12.3 Å². The molecule has 0 saturated heterocycles. The maximum atomic E-state index is 14.0. The number of nitrogens with two attached hydrogens (primary N) is 1. The number of hydrogen-bond donors (Lipinski definition) is 2.